The first-order chi connectivity index (χ1) is 20.4. The number of ether oxygens (including phenoxy) is 3. The van der Waals surface area contributed by atoms with Crippen molar-refractivity contribution in [3.63, 3.8) is 0 Å². The van der Waals surface area contributed by atoms with Crippen LogP contribution < -0.4 is 5.32 Å². The summed E-state index contributed by atoms with van der Waals surface area (Å²) in [5.74, 6) is -1.05. The SMILES string of the molecule is C=C(OCC)c1cc(C(=O)N[C@@H](CCC(=O)OC(C)(C)C)C(=O)N2CCN(C(=O)OCC)CC2)nc(-c2ccccc2)c1. The molecule has 1 saturated heterocycles. The summed E-state index contributed by atoms with van der Waals surface area (Å²) in [4.78, 5) is 59.7. The lowest BCUT2D eigenvalue weighted by Crippen LogP contribution is -2.56. The summed E-state index contributed by atoms with van der Waals surface area (Å²) in [6, 6.07) is 11.7. The van der Waals surface area contributed by atoms with E-state index in [1.807, 2.05) is 37.3 Å². The van der Waals surface area contributed by atoms with Crippen molar-refractivity contribution >= 4 is 29.6 Å². The first-order valence-corrected chi connectivity index (χ1v) is 14.5. The Labute approximate surface area is 253 Å². The fourth-order valence-electron chi connectivity index (χ4n) is 4.51. The summed E-state index contributed by atoms with van der Waals surface area (Å²) in [7, 11) is 0. The van der Waals surface area contributed by atoms with Gasteiger partial charge in [0.2, 0.25) is 5.91 Å². The van der Waals surface area contributed by atoms with Gasteiger partial charge < -0.3 is 29.3 Å². The fraction of sp³-hybridized carbons (Fsp3) is 0.469. The maximum atomic E-state index is 13.7. The molecule has 1 atom stereocenters. The second-order valence-corrected chi connectivity index (χ2v) is 11.0. The molecule has 0 radical (unpaired) electrons. The maximum Gasteiger partial charge on any atom is 0.409 e. The molecule has 1 aliphatic rings. The number of carbonyl (C=O) groups is 4. The molecule has 232 valence electrons. The van der Waals surface area contributed by atoms with Gasteiger partial charge in [0.05, 0.1) is 18.9 Å². The molecule has 1 aliphatic heterocycles. The molecule has 3 rings (SSSR count). The van der Waals surface area contributed by atoms with Crippen LogP contribution in [0.4, 0.5) is 4.79 Å². The van der Waals surface area contributed by atoms with Gasteiger partial charge in [0.15, 0.2) is 0 Å². The van der Waals surface area contributed by atoms with E-state index in [4.69, 9.17) is 14.2 Å². The molecule has 43 heavy (non-hydrogen) atoms. The van der Waals surface area contributed by atoms with Gasteiger partial charge in [-0.3, -0.25) is 14.4 Å². The zero-order valence-electron chi connectivity index (χ0n) is 25.7. The number of nitrogens with one attached hydrogen (secondary N) is 1. The molecule has 11 heteroatoms. The van der Waals surface area contributed by atoms with Crippen LogP contribution in [-0.2, 0) is 23.8 Å². The molecular weight excluding hydrogens is 552 g/mol. The van der Waals surface area contributed by atoms with Crippen LogP contribution in [0.3, 0.4) is 0 Å². The number of nitrogens with zero attached hydrogens (tertiary/aromatic N) is 3. The van der Waals surface area contributed by atoms with Gasteiger partial charge >= 0.3 is 12.1 Å². The molecule has 1 N–H and O–H groups in total. The highest BCUT2D eigenvalue weighted by molar-refractivity contribution is 5.97. The molecule has 1 aromatic carbocycles. The number of carbonyl (C=O) groups excluding carboxylic acids is 4. The highest BCUT2D eigenvalue weighted by atomic mass is 16.6. The topological polar surface area (TPSA) is 127 Å². The van der Waals surface area contributed by atoms with Gasteiger partial charge in [-0.05, 0) is 53.2 Å². The number of benzene rings is 1. The number of esters is 1. The molecule has 0 aliphatic carbocycles. The van der Waals surface area contributed by atoms with Crippen molar-refractivity contribution in [1.29, 1.82) is 0 Å². The van der Waals surface area contributed by atoms with Gasteiger partial charge in [0.25, 0.3) is 5.91 Å². The van der Waals surface area contributed by atoms with Crippen molar-refractivity contribution < 1.29 is 33.4 Å². The van der Waals surface area contributed by atoms with Gasteiger partial charge in [-0.1, -0.05) is 36.9 Å². The van der Waals surface area contributed by atoms with Crippen LogP contribution in [0.2, 0.25) is 0 Å². The highest BCUT2D eigenvalue weighted by Gasteiger charge is 2.32. The molecule has 0 saturated carbocycles. The Bertz CT molecular complexity index is 1300. The van der Waals surface area contributed by atoms with E-state index >= 15 is 0 Å². The van der Waals surface area contributed by atoms with E-state index in [1.54, 1.807) is 44.7 Å². The molecule has 0 unspecified atom stereocenters. The lowest BCUT2D eigenvalue weighted by atomic mass is 10.1. The zero-order chi connectivity index (χ0) is 31.6. The molecule has 0 bridgehead atoms. The predicted octanol–water partition coefficient (Wildman–Crippen LogP) is 4.28. The second kappa shape index (κ2) is 15.2. The standard InChI is InChI=1S/C32H42N4O7/c1-7-41-22(3)24-20-26(23-12-10-9-11-13-23)33-27(21-24)29(38)34-25(14-15-28(37)43-32(4,5)6)30(39)35-16-18-36(19-17-35)31(40)42-8-2/h9-13,20-21,25H,3,7-8,14-19H2,1-2,4-6H3,(H,34,38)/t25-/m0/s1. The average Bonchev–Trinajstić information content (AvgIpc) is 2.98. The Morgan fingerprint density at radius 1 is 0.953 bits per heavy atom. The number of piperazine rings is 1. The number of rotatable bonds is 11. The Kier molecular flexibility index (Phi) is 11.7. The van der Waals surface area contributed by atoms with Gasteiger partial charge in [0, 0.05) is 43.7 Å². The molecule has 0 spiro atoms. The third-order valence-corrected chi connectivity index (χ3v) is 6.55. The summed E-state index contributed by atoms with van der Waals surface area (Å²) < 4.78 is 16.1. The normalized spacial score (nSPS) is 14.0. The minimum atomic E-state index is -1.03. The third kappa shape index (κ3) is 9.83. The first-order valence-electron chi connectivity index (χ1n) is 14.5. The first kappa shape index (κ1) is 33.1. The lowest BCUT2D eigenvalue weighted by molar-refractivity contribution is -0.155. The smallest absolute Gasteiger partial charge is 0.409 e. The highest BCUT2D eigenvalue weighted by Crippen LogP contribution is 2.24. The van der Waals surface area contributed by atoms with E-state index in [-0.39, 0.29) is 44.1 Å². The summed E-state index contributed by atoms with van der Waals surface area (Å²) in [5, 5.41) is 2.80. The van der Waals surface area contributed by atoms with Crippen molar-refractivity contribution in [2.45, 2.75) is 59.1 Å². The van der Waals surface area contributed by atoms with E-state index in [2.05, 4.69) is 16.9 Å². The van der Waals surface area contributed by atoms with Crippen LogP contribution in [0.15, 0.2) is 49.0 Å². The van der Waals surface area contributed by atoms with E-state index in [1.165, 1.54) is 4.90 Å². The van der Waals surface area contributed by atoms with Crippen molar-refractivity contribution in [3.05, 3.63) is 60.3 Å². The molecule has 1 aromatic heterocycles. The number of aromatic nitrogens is 1. The summed E-state index contributed by atoms with van der Waals surface area (Å²) in [5.41, 5.74) is 1.28. The summed E-state index contributed by atoms with van der Waals surface area (Å²) in [6.07, 6.45) is -0.493. The molecular formula is C32H42N4O7. The number of pyridine rings is 1. The minimum absolute atomic E-state index is 0.0223. The summed E-state index contributed by atoms with van der Waals surface area (Å²) in [6.45, 7) is 14.6. The number of amides is 3. The third-order valence-electron chi connectivity index (χ3n) is 6.55. The Morgan fingerprint density at radius 2 is 1.58 bits per heavy atom. The van der Waals surface area contributed by atoms with E-state index < -0.39 is 29.6 Å². The van der Waals surface area contributed by atoms with Crippen molar-refractivity contribution in [3.8, 4) is 11.3 Å². The van der Waals surface area contributed by atoms with Crippen LogP contribution in [0.1, 0.15) is 63.5 Å². The molecule has 2 heterocycles. The molecule has 2 aromatic rings. The van der Waals surface area contributed by atoms with E-state index in [0.717, 1.165) is 5.56 Å². The van der Waals surface area contributed by atoms with E-state index in [9.17, 15) is 19.2 Å². The maximum absolute atomic E-state index is 13.7. The van der Waals surface area contributed by atoms with Gasteiger partial charge in [-0.25, -0.2) is 9.78 Å². The fourth-order valence-corrected chi connectivity index (χ4v) is 4.51. The van der Waals surface area contributed by atoms with Crippen LogP contribution in [-0.4, -0.2) is 89.7 Å². The van der Waals surface area contributed by atoms with Gasteiger partial charge in [-0.15, -0.1) is 0 Å². The largest absolute Gasteiger partial charge is 0.494 e. The Morgan fingerprint density at radius 3 is 2.19 bits per heavy atom. The molecule has 11 nitrogen and oxygen atoms in total. The van der Waals surface area contributed by atoms with Crippen LogP contribution in [0, 0.1) is 0 Å². The van der Waals surface area contributed by atoms with Crippen LogP contribution >= 0.6 is 0 Å². The van der Waals surface area contributed by atoms with Gasteiger partial charge in [-0.2, -0.15) is 0 Å². The monoisotopic (exact) mass is 594 g/mol. The summed E-state index contributed by atoms with van der Waals surface area (Å²) >= 11 is 0. The minimum Gasteiger partial charge on any atom is -0.494 e. The molecule has 3 amide bonds. The van der Waals surface area contributed by atoms with Crippen LogP contribution in [0.25, 0.3) is 17.0 Å². The van der Waals surface area contributed by atoms with Gasteiger partial charge in [0.1, 0.15) is 23.1 Å². The average molecular weight is 595 g/mol. The Balaban J connectivity index is 1.85. The Hall–Kier alpha value is -4.41. The van der Waals surface area contributed by atoms with Crippen molar-refractivity contribution in [1.82, 2.24) is 20.1 Å². The van der Waals surface area contributed by atoms with Crippen molar-refractivity contribution in [2.24, 2.45) is 0 Å². The zero-order valence-corrected chi connectivity index (χ0v) is 25.7. The van der Waals surface area contributed by atoms with Crippen LogP contribution in [0.5, 0.6) is 0 Å². The number of hydrogen-bond acceptors (Lipinski definition) is 8. The quantitative estimate of drug-likeness (QED) is 0.302. The van der Waals surface area contributed by atoms with E-state index in [0.29, 0.717) is 36.7 Å². The second-order valence-electron chi connectivity index (χ2n) is 11.0. The predicted molar refractivity (Wildman–Crippen MR) is 162 cm³/mol. The number of hydrogen-bond donors (Lipinski definition) is 1. The van der Waals surface area contributed by atoms with Crippen molar-refractivity contribution in [2.75, 3.05) is 39.4 Å². The lowest BCUT2D eigenvalue weighted by Gasteiger charge is -2.36. The molecule has 1 fully saturated rings.